The second-order valence-electron chi connectivity index (χ2n) is 7.74. The van der Waals surface area contributed by atoms with Crippen LogP contribution in [-0.4, -0.2) is 30.4 Å². The summed E-state index contributed by atoms with van der Waals surface area (Å²) in [6.07, 6.45) is 1.67. The number of benzene rings is 1. The third-order valence-corrected chi connectivity index (χ3v) is 3.51. The maximum Gasteiger partial charge on any atom is 0.327 e. The molecule has 4 nitrogen and oxygen atoms in total. The molecule has 1 aromatic carbocycles. The highest BCUT2D eigenvalue weighted by Gasteiger charge is 2.26. The van der Waals surface area contributed by atoms with E-state index in [0.29, 0.717) is 12.4 Å². The lowest BCUT2D eigenvalue weighted by Crippen LogP contribution is -2.18. The molecule has 128 valence electrons. The molecule has 0 saturated carbocycles. The number of ether oxygens (including phenoxy) is 1. The van der Waals surface area contributed by atoms with E-state index in [1.807, 2.05) is 12.1 Å². The summed E-state index contributed by atoms with van der Waals surface area (Å²) in [6.45, 7) is 14.5. The van der Waals surface area contributed by atoms with E-state index in [0.717, 1.165) is 16.7 Å². The van der Waals surface area contributed by atoms with Crippen molar-refractivity contribution in [3.63, 3.8) is 0 Å². The first kappa shape index (κ1) is 19.2. The monoisotopic (exact) mass is 319 g/mol. The molecule has 0 aliphatic heterocycles. The molecule has 1 aromatic rings. The van der Waals surface area contributed by atoms with Crippen molar-refractivity contribution in [1.29, 1.82) is 0 Å². The van der Waals surface area contributed by atoms with Crippen molar-refractivity contribution in [3.8, 4) is 5.75 Å². The van der Waals surface area contributed by atoms with Crippen molar-refractivity contribution >= 4 is 12.2 Å². The predicted molar refractivity (Wildman–Crippen MR) is 94.6 cm³/mol. The van der Waals surface area contributed by atoms with E-state index in [1.165, 1.54) is 0 Å². The third kappa shape index (κ3) is 5.38. The smallest absolute Gasteiger partial charge is 0.327 e. The first-order chi connectivity index (χ1) is 10.5. The Balaban J connectivity index is 3.23. The molecule has 0 aliphatic carbocycles. The fourth-order valence-electron chi connectivity index (χ4n) is 2.31. The average molecular weight is 319 g/mol. The first-order valence-corrected chi connectivity index (χ1v) is 8.00. The fourth-order valence-corrected chi connectivity index (χ4v) is 2.31. The Kier molecular flexibility index (Phi) is 5.98. The summed E-state index contributed by atoms with van der Waals surface area (Å²) >= 11 is 0. The second-order valence-corrected chi connectivity index (χ2v) is 7.74. The number of hydrogen-bond acceptors (Lipinski definition) is 4. The van der Waals surface area contributed by atoms with Gasteiger partial charge >= 0.3 is 5.97 Å². The summed E-state index contributed by atoms with van der Waals surface area (Å²) in [5.41, 5.74) is 2.26. The molecule has 0 amide bonds. The Hall–Kier alpha value is -1.84. The van der Waals surface area contributed by atoms with Gasteiger partial charge < -0.3 is 9.84 Å². The Labute approximate surface area is 139 Å². The van der Waals surface area contributed by atoms with Gasteiger partial charge in [0.1, 0.15) is 12.3 Å². The highest BCUT2D eigenvalue weighted by atomic mass is 16.5. The quantitative estimate of drug-likeness (QED) is 0.675. The molecule has 0 unspecified atom stereocenters. The van der Waals surface area contributed by atoms with Crippen LogP contribution in [0.15, 0.2) is 17.1 Å². The van der Waals surface area contributed by atoms with Crippen LogP contribution in [0.4, 0.5) is 0 Å². The minimum atomic E-state index is -0.338. The number of hydrogen-bond donors (Lipinski definition) is 1. The number of aliphatic imine (C=N–C) groups is 1. The van der Waals surface area contributed by atoms with Gasteiger partial charge in [0.2, 0.25) is 0 Å². The summed E-state index contributed by atoms with van der Waals surface area (Å²) in [6, 6.07) is 3.86. The molecular formula is C19H29NO3. The van der Waals surface area contributed by atoms with Crippen molar-refractivity contribution in [3.05, 3.63) is 28.8 Å². The minimum absolute atomic E-state index is 0.00438. The Bertz CT molecular complexity index is 555. The van der Waals surface area contributed by atoms with E-state index in [4.69, 9.17) is 4.74 Å². The van der Waals surface area contributed by atoms with E-state index in [1.54, 1.807) is 13.1 Å². The normalized spacial score (nSPS) is 12.7. The summed E-state index contributed by atoms with van der Waals surface area (Å²) < 4.78 is 4.86. The van der Waals surface area contributed by atoms with E-state index in [-0.39, 0.29) is 23.3 Å². The summed E-state index contributed by atoms with van der Waals surface area (Å²) in [7, 11) is 0. The second kappa shape index (κ2) is 7.16. The average Bonchev–Trinajstić information content (AvgIpc) is 2.38. The lowest BCUT2D eigenvalue weighted by atomic mass is 9.78. The van der Waals surface area contributed by atoms with Crippen molar-refractivity contribution in [2.24, 2.45) is 4.99 Å². The molecule has 1 rings (SSSR count). The zero-order valence-corrected chi connectivity index (χ0v) is 15.4. The van der Waals surface area contributed by atoms with Crippen LogP contribution in [0.2, 0.25) is 0 Å². The van der Waals surface area contributed by atoms with Crippen molar-refractivity contribution < 1.29 is 14.6 Å². The Morgan fingerprint density at radius 3 is 2.00 bits per heavy atom. The van der Waals surface area contributed by atoms with Gasteiger partial charge in [0.05, 0.1) is 6.61 Å². The van der Waals surface area contributed by atoms with Crippen LogP contribution in [0.3, 0.4) is 0 Å². The number of carbonyl (C=O) groups excluding carboxylic acids is 1. The van der Waals surface area contributed by atoms with Crippen LogP contribution in [-0.2, 0) is 20.4 Å². The summed E-state index contributed by atoms with van der Waals surface area (Å²) in [5.74, 6) is 0.00200. The molecule has 0 atom stereocenters. The number of phenols is 1. The molecule has 0 saturated heterocycles. The largest absolute Gasteiger partial charge is 0.507 e. The van der Waals surface area contributed by atoms with Crippen LogP contribution >= 0.6 is 0 Å². The summed E-state index contributed by atoms with van der Waals surface area (Å²) in [5, 5.41) is 10.6. The van der Waals surface area contributed by atoms with Crippen molar-refractivity contribution in [2.45, 2.75) is 59.3 Å². The lowest BCUT2D eigenvalue weighted by molar-refractivity contribution is -0.141. The number of phenolic OH excluding ortho intramolecular Hbond substituents is 1. The van der Waals surface area contributed by atoms with Gasteiger partial charge in [0.15, 0.2) is 0 Å². The van der Waals surface area contributed by atoms with Gasteiger partial charge in [0, 0.05) is 17.3 Å². The van der Waals surface area contributed by atoms with Crippen LogP contribution in [0, 0.1) is 0 Å². The zero-order valence-electron chi connectivity index (χ0n) is 15.4. The first-order valence-electron chi connectivity index (χ1n) is 8.00. The fraction of sp³-hybridized carbons (Fsp3) is 0.579. The molecule has 0 aliphatic rings. The van der Waals surface area contributed by atoms with Gasteiger partial charge in [-0.1, -0.05) is 41.5 Å². The summed E-state index contributed by atoms with van der Waals surface area (Å²) in [4.78, 5) is 15.5. The van der Waals surface area contributed by atoms with Gasteiger partial charge in [-0.05, 0) is 35.4 Å². The molecule has 0 aromatic heterocycles. The van der Waals surface area contributed by atoms with Gasteiger partial charge in [-0.3, -0.25) is 9.79 Å². The number of carbonyl (C=O) groups is 1. The van der Waals surface area contributed by atoms with Gasteiger partial charge in [-0.25, -0.2) is 0 Å². The maximum atomic E-state index is 11.4. The van der Waals surface area contributed by atoms with Crippen molar-refractivity contribution in [1.82, 2.24) is 0 Å². The molecular weight excluding hydrogens is 290 g/mol. The molecule has 0 spiro atoms. The van der Waals surface area contributed by atoms with Gasteiger partial charge in [-0.2, -0.15) is 0 Å². The van der Waals surface area contributed by atoms with E-state index < -0.39 is 0 Å². The molecule has 1 N–H and O–H groups in total. The number of aromatic hydroxyl groups is 1. The third-order valence-electron chi connectivity index (χ3n) is 3.51. The predicted octanol–water partition coefficient (Wildman–Crippen LogP) is 3.97. The molecule has 0 radical (unpaired) electrons. The molecule has 0 fully saturated rings. The maximum absolute atomic E-state index is 11.4. The van der Waals surface area contributed by atoms with Crippen LogP contribution < -0.4 is 0 Å². The van der Waals surface area contributed by atoms with Crippen LogP contribution in [0.1, 0.15) is 65.2 Å². The number of esters is 1. The zero-order chi connectivity index (χ0) is 17.8. The highest BCUT2D eigenvalue weighted by molar-refractivity contribution is 5.83. The topological polar surface area (TPSA) is 58.9 Å². The molecule has 4 heteroatoms. The van der Waals surface area contributed by atoms with E-state index >= 15 is 0 Å². The SMILES string of the molecule is CCOC(=O)CN=Cc1cc(C(C)(C)C)c(O)c(C(C)(C)C)c1. The van der Waals surface area contributed by atoms with Crippen LogP contribution in [0.5, 0.6) is 5.75 Å². The minimum Gasteiger partial charge on any atom is -0.507 e. The standard InChI is InChI=1S/C19H29NO3/c1-8-23-16(21)12-20-11-13-9-14(18(2,3)4)17(22)15(10-13)19(5,6)7/h9-11,22H,8,12H2,1-7H3. The number of nitrogens with zero attached hydrogens (tertiary/aromatic N) is 1. The molecule has 0 bridgehead atoms. The lowest BCUT2D eigenvalue weighted by Gasteiger charge is -2.27. The molecule has 23 heavy (non-hydrogen) atoms. The van der Waals surface area contributed by atoms with Crippen LogP contribution in [0.25, 0.3) is 0 Å². The molecule has 0 heterocycles. The van der Waals surface area contributed by atoms with Gasteiger partial charge in [-0.15, -0.1) is 0 Å². The number of rotatable bonds is 4. The van der Waals surface area contributed by atoms with Gasteiger partial charge in [0.25, 0.3) is 0 Å². The Morgan fingerprint density at radius 2 is 1.61 bits per heavy atom. The highest BCUT2D eigenvalue weighted by Crippen LogP contribution is 2.39. The van der Waals surface area contributed by atoms with E-state index in [9.17, 15) is 9.90 Å². The van der Waals surface area contributed by atoms with Crippen molar-refractivity contribution in [2.75, 3.05) is 13.2 Å². The van der Waals surface area contributed by atoms with E-state index in [2.05, 4.69) is 46.5 Å². The Morgan fingerprint density at radius 1 is 1.13 bits per heavy atom.